The molecule has 0 saturated carbocycles. The van der Waals surface area contributed by atoms with Gasteiger partial charge in [0, 0.05) is 24.3 Å². The number of nitrogens with zero attached hydrogens (tertiary/aromatic N) is 2. The highest BCUT2D eigenvalue weighted by Crippen LogP contribution is 2.30. The number of aromatic nitrogens is 1. The molecule has 0 radical (unpaired) electrons. The summed E-state index contributed by atoms with van der Waals surface area (Å²) >= 11 is 7.60. The number of rotatable bonds is 4. The molecule has 0 atom stereocenters. The summed E-state index contributed by atoms with van der Waals surface area (Å²) in [5, 5.41) is 2.89. The van der Waals surface area contributed by atoms with E-state index in [9.17, 15) is 13.2 Å². The lowest BCUT2D eigenvalue weighted by molar-refractivity contribution is 0.102. The second-order valence-electron chi connectivity index (χ2n) is 6.25. The second-order valence-corrected chi connectivity index (χ2v) is 9.45. The van der Waals surface area contributed by atoms with Gasteiger partial charge in [0.1, 0.15) is 4.90 Å². The molecule has 9 heteroatoms. The van der Waals surface area contributed by atoms with E-state index in [1.165, 1.54) is 27.8 Å². The predicted octanol–water partition coefficient (Wildman–Crippen LogP) is 3.99. The Bertz CT molecular complexity index is 1120. The maximum absolute atomic E-state index is 12.8. The van der Waals surface area contributed by atoms with Crippen molar-refractivity contribution in [3.8, 4) is 0 Å². The van der Waals surface area contributed by atoms with Crippen molar-refractivity contribution >= 4 is 54.8 Å². The van der Waals surface area contributed by atoms with Crippen LogP contribution in [-0.2, 0) is 10.0 Å². The zero-order chi connectivity index (χ0) is 19.0. The summed E-state index contributed by atoms with van der Waals surface area (Å²) in [7, 11) is -3.67. The highest BCUT2D eigenvalue weighted by molar-refractivity contribution is 7.89. The van der Waals surface area contributed by atoms with Gasteiger partial charge < -0.3 is 5.32 Å². The number of benzene rings is 2. The van der Waals surface area contributed by atoms with Gasteiger partial charge in [0.05, 0.1) is 20.7 Å². The molecule has 4 rings (SSSR count). The Hall–Kier alpha value is -2.00. The van der Waals surface area contributed by atoms with Crippen LogP contribution < -0.4 is 5.32 Å². The first kappa shape index (κ1) is 18.4. The SMILES string of the molecule is O=C(Nc1ccc(Cl)c(S(=O)(=O)N2CCCC2)c1)c1ccc2ncsc2c1. The number of hydrogen-bond acceptors (Lipinski definition) is 5. The molecule has 0 spiro atoms. The number of carbonyl (C=O) groups excluding carboxylic acids is 1. The highest BCUT2D eigenvalue weighted by Gasteiger charge is 2.29. The van der Waals surface area contributed by atoms with Gasteiger partial charge in [0.2, 0.25) is 10.0 Å². The van der Waals surface area contributed by atoms with Gasteiger partial charge in [-0.1, -0.05) is 11.6 Å². The fourth-order valence-corrected chi connectivity index (χ4v) is 5.78. The Kier molecular flexibility index (Phi) is 4.90. The van der Waals surface area contributed by atoms with Crippen molar-refractivity contribution in [2.24, 2.45) is 0 Å². The third-order valence-electron chi connectivity index (χ3n) is 4.47. The lowest BCUT2D eigenvalue weighted by atomic mass is 10.2. The number of thiazole rings is 1. The average molecular weight is 422 g/mol. The molecule has 2 aromatic carbocycles. The van der Waals surface area contributed by atoms with Crippen LogP contribution in [-0.4, -0.2) is 36.7 Å². The third-order valence-corrected chi connectivity index (χ3v) is 7.64. The van der Waals surface area contributed by atoms with E-state index in [1.807, 2.05) is 0 Å². The Morgan fingerprint density at radius 2 is 1.93 bits per heavy atom. The normalized spacial score (nSPS) is 15.3. The molecule has 1 N–H and O–H groups in total. The van der Waals surface area contributed by atoms with Crippen molar-refractivity contribution < 1.29 is 13.2 Å². The molecule has 27 heavy (non-hydrogen) atoms. The van der Waals surface area contributed by atoms with E-state index in [4.69, 9.17) is 11.6 Å². The van der Waals surface area contributed by atoms with Gasteiger partial charge in [-0.25, -0.2) is 13.4 Å². The van der Waals surface area contributed by atoms with E-state index in [1.54, 1.807) is 29.8 Å². The lowest BCUT2D eigenvalue weighted by Crippen LogP contribution is -2.28. The lowest BCUT2D eigenvalue weighted by Gasteiger charge is -2.17. The summed E-state index contributed by atoms with van der Waals surface area (Å²) in [4.78, 5) is 16.8. The van der Waals surface area contributed by atoms with Crippen LogP contribution in [0.3, 0.4) is 0 Å². The monoisotopic (exact) mass is 421 g/mol. The fourth-order valence-electron chi connectivity index (χ4n) is 3.05. The van der Waals surface area contributed by atoms with Crippen LogP contribution in [0.4, 0.5) is 5.69 Å². The quantitative estimate of drug-likeness (QED) is 0.690. The molecule has 0 bridgehead atoms. The average Bonchev–Trinajstić information content (AvgIpc) is 3.34. The Labute approximate surface area is 165 Å². The number of hydrogen-bond donors (Lipinski definition) is 1. The summed E-state index contributed by atoms with van der Waals surface area (Å²) in [5.41, 5.74) is 3.42. The molecular formula is C18H16ClN3O3S2. The second kappa shape index (κ2) is 7.20. The molecule has 1 aromatic heterocycles. The summed E-state index contributed by atoms with van der Waals surface area (Å²) in [6.07, 6.45) is 1.68. The van der Waals surface area contributed by atoms with Crippen LogP contribution in [0.1, 0.15) is 23.2 Å². The van der Waals surface area contributed by atoms with E-state index in [0.29, 0.717) is 24.3 Å². The molecular weight excluding hydrogens is 406 g/mol. The minimum Gasteiger partial charge on any atom is -0.322 e. The van der Waals surface area contributed by atoms with Gasteiger partial charge in [-0.15, -0.1) is 11.3 Å². The number of halogens is 1. The third kappa shape index (κ3) is 3.58. The van der Waals surface area contributed by atoms with Crippen LogP contribution in [0.5, 0.6) is 0 Å². The number of amides is 1. The maximum atomic E-state index is 12.8. The largest absolute Gasteiger partial charge is 0.322 e. The van der Waals surface area contributed by atoms with Crippen LogP contribution in [0.25, 0.3) is 10.2 Å². The van der Waals surface area contributed by atoms with Crippen molar-refractivity contribution in [2.45, 2.75) is 17.7 Å². The van der Waals surface area contributed by atoms with Gasteiger partial charge in [-0.3, -0.25) is 4.79 Å². The molecule has 1 aliphatic rings. The topological polar surface area (TPSA) is 79.4 Å². The number of sulfonamides is 1. The molecule has 6 nitrogen and oxygen atoms in total. The Morgan fingerprint density at radius 1 is 1.15 bits per heavy atom. The molecule has 2 heterocycles. The van der Waals surface area contributed by atoms with Crippen molar-refractivity contribution in [2.75, 3.05) is 18.4 Å². The van der Waals surface area contributed by atoms with Gasteiger partial charge in [0.15, 0.2) is 0 Å². The molecule has 1 aliphatic heterocycles. The van der Waals surface area contributed by atoms with Crippen molar-refractivity contribution in [1.82, 2.24) is 9.29 Å². The molecule has 0 unspecified atom stereocenters. The van der Waals surface area contributed by atoms with Crippen molar-refractivity contribution in [1.29, 1.82) is 0 Å². The van der Waals surface area contributed by atoms with E-state index in [2.05, 4.69) is 10.3 Å². The number of fused-ring (bicyclic) bond motifs is 1. The zero-order valence-electron chi connectivity index (χ0n) is 14.2. The minimum absolute atomic E-state index is 0.0155. The van der Waals surface area contributed by atoms with E-state index < -0.39 is 10.0 Å². The minimum atomic E-state index is -3.67. The first-order chi connectivity index (χ1) is 12.9. The predicted molar refractivity (Wildman–Crippen MR) is 107 cm³/mol. The van der Waals surface area contributed by atoms with Crippen LogP contribution >= 0.6 is 22.9 Å². The summed E-state index contributed by atoms with van der Waals surface area (Å²) in [6.45, 7) is 0.980. The summed E-state index contributed by atoms with van der Waals surface area (Å²) < 4.78 is 27.9. The molecule has 3 aromatic rings. The smallest absolute Gasteiger partial charge is 0.255 e. The van der Waals surface area contributed by atoms with Crippen molar-refractivity contribution in [3.05, 3.63) is 52.5 Å². The van der Waals surface area contributed by atoms with Crippen LogP contribution in [0.15, 0.2) is 46.8 Å². The molecule has 0 aliphatic carbocycles. The summed E-state index contributed by atoms with van der Waals surface area (Å²) in [6, 6.07) is 9.74. The van der Waals surface area contributed by atoms with Gasteiger partial charge in [-0.05, 0) is 49.2 Å². The van der Waals surface area contributed by atoms with Gasteiger partial charge in [0.25, 0.3) is 5.91 Å². The van der Waals surface area contributed by atoms with Crippen molar-refractivity contribution in [3.63, 3.8) is 0 Å². The number of anilines is 1. The number of nitrogens with one attached hydrogen (secondary N) is 1. The molecule has 1 amide bonds. The van der Waals surface area contributed by atoms with Gasteiger partial charge in [-0.2, -0.15) is 4.31 Å². The van der Waals surface area contributed by atoms with E-state index >= 15 is 0 Å². The maximum Gasteiger partial charge on any atom is 0.255 e. The van der Waals surface area contributed by atoms with E-state index in [0.717, 1.165) is 23.1 Å². The molecule has 1 fully saturated rings. The Morgan fingerprint density at radius 3 is 2.70 bits per heavy atom. The fraction of sp³-hybridized carbons (Fsp3) is 0.222. The molecule has 140 valence electrons. The Balaban J connectivity index is 1.61. The van der Waals surface area contributed by atoms with E-state index in [-0.39, 0.29) is 15.8 Å². The first-order valence-corrected chi connectivity index (χ1v) is 11.1. The highest BCUT2D eigenvalue weighted by atomic mass is 35.5. The van der Waals surface area contributed by atoms with Gasteiger partial charge >= 0.3 is 0 Å². The molecule has 1 saturated heterocycles. The number of carbonyl (C=O) groups is 1. The first-order valence-electron chi connectivity index (χ1n) is 8.39. The summed E-state index contributed by atoms with van der Waals surface area (Å²) in [5.74, 6) is -0.322. The van der Waals surface area contributed by atoms with Crippen LogP contribution in [0, 0.1) is 0 Å². The van der Waals surface area contributed by atoms with Crippen LogP contribution in [0.2, 0.25) is 5.02 Å². The standard InChI is InChI=1S/C18H16ClN3O3S2/c19-14-5-4-13(10-17(14)27(24,25)22-7-1-2-8-22)21-18(23)12-3-6-15-16(9-12)26-11-20-15/h3-6,9-11H,1-2,7-8H2,(H,21,23). The zero-order valence-corrected chi connectivity index (χ0v) is 16.6.